The molecule has 1 fully saturated rings. The summed E-state index contributed by atoms with van der Waals surface area (Å²) >= 11 is 0. The molecule has 0 aliphatic carbocycles. The van der Waals surface area contributed by atoms with Crippen molar-refractivity contribution in [2.75, 3.05) is 25.0 Å². The van der Waals surface area contributed by atoms with Gasteiger partial charge in [-0.25, -0.2) is 4.98 Å². The predicted octanol–water partition coefficient (Wildman–Crippen LogP) is 0.598. The van der Waals surface area contributed by atoms with Gasteiger partial charge in [0, 0.05) is 31.5 Å². The number of anilines is 1. The maximum atomic E-state index is 4.25. The van der Waals surface area contributed by atoms with Crippen LogP contribution < -0.4 is 10.2 Å². The molecule has 1 saturated heterocycles. The lowest BCUT2D eigenvalue weighted by molar-refractivity contribution is 0.446. The summed E-state index contributed by atoms with van der Waals surface area (Å²) in [4.78, 5) is 9.69. The number of imidazole rings is 1. The van der Waals surface area contributed by atoms with Gasteiger partial charge in [-0.15, -0.1) is 0 Å². The lowest BCUT2D eigenvalue weighted by atomic mass is 10.1. The van der Waals surface area contributed by atoms with E-state index in [2.05, 4.69) is 20.2 Å². The lowest BCUT2D eigenvalue weighted by Crippen LogP contribution is -2.44. The zero-order valence-electron chi connectivity index (χ0n) is 7.95. The molecule has 13 heavy (non-hydrogen) atoms. The normalized spacial score (nSPS) is 23.5. The summed E-state index contributed by atoms with van der Waals surface area (Å²) in [5.41, 5.74) is 0. The molecule has 4 heteroatoms. The molecule has 2 rings (SSSR count). The van der Waals surface area contributed by atoms with Gasteiger partial charge in [0.05, 0.1) is 0 Å². The first kappa shape index (κ1) is 8.56. The van der Waals surface area contributed by atoms with Crippen molar-refractivity contribution in [3.8, 4) is 0 Å². The molecule has 0 amide bonds. The standard InChI is InChI=1S/C9H16N4/c1-10-8-3-2-6-13(7-8)9-11-4-5-12-9/h4-5,8,10H,2-3,6-7H2,1H3,(H,11,12). The summed E-state index contributed by atoms with van der Waals surface area (Å²) in [5.74, 6) is 1.000. The van der Waals surface area contributed by atoms with Gasteiger partial charge in [0.25, 0.3) is 0 Å². The van der Waals surface area contributed by atoms with E-state index >= 15 is 0 Å². The molecule has 4 nitrogen and oxygen atoms in total. The minimum absolute atomic E-state index is 0.610. The Labute approximate surface area is 78.4 Å². The smallest absolute Gasteiger partial charge is 0.202 e. The van der Waals surface area contributed by atoms with E-state index in [1.807, 2.05) is 13.2 Å². The Morgan fingerprint density at radius 1 is 1.69 bits per heavy atom. The highest BCUT2D eigenvalue weighted by atomic mass is 15.3. The second-order valence-corrected chi connectivity index (χ2v) is 3.49. The van der Waals surface area contributed by atoms with Crippen LogP contribution in [0.3, 0.4) is 0 Å². The van der Waals surface area contributed by atoms with Crippen molar-refractivity contribution < 1.29 is 0 Å². The molecule has 1 unspecified atom stereocenters. The van der Waals surface area contributed by atoms with Gasteiger partial charge in [-0.05, 0) is 19.9 Å². The maximum absolute atomic E-state index is 4.25. The SMILES string of the molecule is CNC1CCCN(c2ncc[nH]2)C1. The Balaban J connectivity index is 2.00. The number of aromatic nitrogens is 2. The number of H-pyrrole nitrogens is 1. The highest BCUT2D eigenvalue weighted by Gasteiger charge is 2.19. The van der Waals surface area contributed by atoms with Crippen LogP contribution in [0.1, 0.15) is 12.8 Å². The van der Waals surface area contributed by atoms with E-state index in [0.29, 0.717) is 6.04 Å². The van der Waals surface area contributed by atoms with Crippen molar-refractivity contribution >= 4 is 5.95 Å². The Kier molecular flexibility index (Phi) is 2.49. The van der Waals surface area contributed by atoms with Gasteiger partial charge < -0.3 is 15.2 Å². The van der Waals surface area contributed by atoms with Crippen LogP contribution in [-0.4, -0.2) is 36.1 Å². The number of rotatable bonds is 2. The van der Waals surface area contributed by atoms with E-state index in [0.717, 1.165) is 19.0 Å². The van der Waals surface area contributed by atoms with Crippen molar-refractivity contribution in [2.45, 2.75) is 18.9 Å². The Morgan fingerprint density at radius 2 is 2.62 bits per heavy atom. The van der Waals surface area contributed by atoms with Crippen molar-refractivity contribution in [1.82, 2.24) is 15.3 Å². The zero-order valence-corrected chi connectivity index (χ0v) is 7.95. The van der Waals surface area contributed by atoms with Crippen molar-refractivity contribution in [2.24, 2.45) is 0 Å². The number of piperidine rings is 1. The van der Waals surface area contributed by atoms with Gasteiger partial charge >= 0.3 is 0 Å². The molecule has 0 saturated carbocycles. The first-order valence-corrected chi connectivity index (χ1v) is 4.82. The zero-order chi connectivity index (χ0) is 9.10. The molecule has 0 radical (unpaired) electrons. The van der Waals surface area contributed by atoms with Crippen LogP contribution in [0.15, 0.2) is 12.4 Å². The average Bonchev–Trinajstić information content (AvgIpc) is 2.71. The molecule has 2 heterocycles. The summed E-state index contributed by atoms with van der Waals surface area (Å²) in [6.07, 6.45) is 6.19. The summed E-state index contributed by atoms with van der Waals surface area (Å²) < 4.78 is 0. The molecule has 0 bridgehead atoms. The van der Waals surface area contributed by atoms with Crippen LogP contribution in [0.2, 0.25) is 0 Å². The van der Waals surface area contributed by atoms with Gasteiger partial charge in [0.15, 0.2) is 0 Å². The number of aromatic amines is 1. The topological polar surface area (TPSA) is 44.0 Å². The predicted molar refractivity (Wildman–Crippen MR) is 52.9 cm³/mol. The van der Waals surface area contributed by atoms with Crippen LogP contribution in [0.25, 0.3) is 0 Å². The summed E-state index contributed by atoms with van der Waals surface area (Å²) in [6.45, 7) is 2.18. The molecule has 1 atom stereocenters. The third kappa shape index (κ3) is 1.83. The molecular weight excluding hydrogens is 164 g/mol. The van der Waals surface area contributed by atoms with E-state index in [1.54, 1.807) is 6.20 Å². The second kappa shape index (κ2) is 3.79. The van der Waals surface area contributed by atoms with Gasteiger partial charge in [-0.2, -0.15) is 0 Å². The van der Waals surface area contributed by atoms with E-state index < -0.39 is 0 Å². The van der Waals surface area contributed by atoms with Crippen LogP contribution >= 0.6 is 0 Å². The van der Waals surface area contributed by atoms with E-state index in [1.165, 1.54) is 12.8 Å². The van der Waals surface area contributed by atoms with Gasteiger partial charge in [-0.1, -0.05) is 0 Å². The Bertz CT molecular complexity index is 244. The van der Waals surface area contributed by atoms with E-state index in [9.17, 15) is 0 Å². The largest absolute Gasteiger partial charge is 0.341 e. The molecule has 0 spiro atoms. The monoisotopic (exact) mass is 180 g/mol. The van der Waals surface area contributed by atoms with Crippen molar-refractivity contribution in [1.29, 1.82) is 0 Å². The number of nitrogens with zero attached hydrogens (tertiary/aromatic N) is 2. The fraction of sp³-hybridized carbons (Fsp3) is 0.667. The van der Waals surface area contributed by atoms with Crippen molar-refractivity contribution in [3.63, 3.8) is 0 Å². The molecular formula is C9H16N4. The molecule has 1 aromatic rings. The van der Waals surface area contributed by atoms with Gasteiger partial charge in [0.2, 0.25) is 5.95 Å². The van der Waals surface area contributed by atoms with Gasteiger partial charge in [-0.3, -0.25) is 0 Å². The third-order valence-electron chi connectivity index (χ3n) is 2.61. The number of nitrogens with one attached hydrogen (secondary N) is 2. The first-order valence-electron chi connectivity index (χ1n) is 4.82. The third-order valence-corrected chi connectivity index (χ3v) is 2.61. The quantitative estimate of drug-likeness (QED) is 0.700. The fourth-order valence-electron chi connectivity index (χ4n) is 1.84. The highest BCUT2D eigenvalue weighted by Crippen LogP contribution is 2.14. The number of likely N-dealkylation sites (N-methyl/N-ethyl adjacent to an activating group) is 1. The van der Waals surface area contributed by atoms with E-state index in [4.69, 9.17) is 0 Å². The summed E-state index contributed by atoms with van der Waals surface area (Å²) in [5, 5.41) is 3.31. The molecule has 2 N–H and O–H groups in total. The van der Waals surface area contributed by atoms with Crippen molar-refractivity contribution in [3.05, 3.63) is 12.4 Å². The molecule has 1 aliphatic rings. The number of hydrogen-bond acceptors (Lipinski definition) is 3. The minimum atomic E-state index is 0.610. The number of hydrogen-bond donors (Lipinski definition) is 2. The van der Waals surface area contributed by atoms with Crippen LogP contribution in [-0.2, 0) is 0 Å². The minimum Gasteiger partial charge on any atom is -0.341 e. The van der Waals surface area contributed by atoms with Crippen LogP contribution in [0.4, 0.5) is 5.95 Å². The lowest BCUT2D eigenvalue weighted by Gasteiger charge is -2.32. The summed E-state index contributed by atoms with van der Waals surface area (Å²) in [7, 11) is 2.02. The van der Waals surface area contributed by atoms with Crippen LogP contribution in [0.5, 0.6) is 0 Å². The van der Waals surface area contributed by atoms with E-state index in [-0.39, 0.29) is 0 Å². The molecule has 0 aromatic carbocycles. The molecule has 72 valence electrons. The fourth-order valence-corrected chi connectivity index (χ4v) is 1.84. The van der Waals surface area contributed by atoms with Crippen LogP contribution in [0, 0.1) is 0 Å². The summed E-state index contributed by atoms with van der Waals surface area (Å²) in [6, 6.07) is 0.610. The van der Waals surface area contributed by atoms with Gasteiger partial charge in [0.1, 0.15) is 0 Å². The first-order chi connectivity index (χ1) is 6.40. The molecule has 1 aromatic heterocycles. The second-order valence-electron chi connectivity index (χ2n) is 3.49. The Morgan fingerprint density at radius 3 is 3.31 bits per heavy atom. The Hall–Kier alpha value is -1.03. The average molecular weight is 180 g/mol. The maximum Gasteiger partial charge on any atom is 0.202 e. The highest BCUT2D eigenvalue weighted by molar-refractivity contribution is 5.30. The molecule has 1 aliphatic heterocycles.